The fourth-order valence-electron chi connectivity index (χ4n) is 2.61. The first-order valence-corrected chi connectivity index (χ1v) is 8.68. The van der Waals surface area contributed by atoms with Crippen LogP contribution in [0.5, 0.6) is 5.75 Å². The van der Waals surface area contributed by atoms with Crippen LogP contribution in [0.25, 0.3) is 5.78 Å². The molecule has 0 fully saturated rings. The highest BCUT2D eigenvalue weighted by Crippen LogP contribution is 2.20. The summed E-state index contributed by atoms with van der Waals surface area (Å²) in [7, 11) is 0. The second-order valence-electron chi connectivity index (χ2n) is 6.03. The van der Waals surface area contributed by atoms with Crippen molar-refractivity contribution in [2.75, 3.05) is 6.54 Å². The lowest BCUT2D eigenvalue weighted by atomic mass is 10.3. The number of hydrogen-bond acceptors (Lipinski definition) is 6. The Labute approximate surface area is 163 Å². The molecule has 1 N–H and O–H groups in total. The van der Waals surface area contributed by atoms with Gasteiger partial charge in [-0.05, 0) is 18.2 Å². The van der Waals surface area contributed by atoms with Gasteiger partial charge in [0.25, 0.3) is 5.91 Å². The number of rotatable bonds is 7. The van der Waals surface area contributed by atoms with Gasteiger partial charge in [-0.15, -0.1) is 0 Å². The highest BCUT2D eigenvalue weighted by Gasteiger charge is 2.14. The SMILES string of the molecule is O=C(NCCc1cn2cccnc2n1)c1coc(COc2cccc(F)c2F)n1. The monoisotopic (exact) mass is 399 g/mol. The van der Waals surface area contributed by atoms with Gasteiger partial charge < -0.3 is 14.5 Å². The van der Waals surface area contributed by atoms with Crippen molar-refractivity contribution >= 4 is 11.7 Å². The Bertz CT molecular complexity index is 1120. The van der Waals surface area contributed by atoms with Crippen LogP contribution in [0.1, 0.15) is 22.1 Å². The summed E-state index contributed by atoms with van der Waals surface area (Å²) in [6, 6.07) is 5.39. The Hall–Kier alpha value is -3.82. The Morgan fingerprint density at radius 2 is 2.14 bits per heavy atom. The molecule has 8 nitrogen and oxygen atoms in total. The van der Waals surface area contributed by atoms with Gasteiger partial charge in [-0.25, -0.2) is 19.3 Å². The first-order valence-electron chi connectivity index (χ1n) is 8.68. The molecule has 0 aliphatic carbocycles. The third-order valence-corrected chi connectivity index (χ3v) is 4.00. The van der Waals surface area contributed by atoms with E-state index in [1.807, 2.05) is 12.4 Å². The minimum atomic E-state index is -1.10. The number of benzene rings is 1. The summed E-state index contributed by atoms with van der Waals surface area (Å²) in [6.07, 6.45) is 7.02. The Balaban J connectivity index is 1.29. The van der Waals surface area contributed by atoms with E-state index >= 15 is 0 Å². The van der Waals surface area contributed by atoms with Gasteiger partial charge >= 0.3 is 0 Å². The minimum Gasteiger partial charge on any atom is -0.481 e. The molecule has 0 aliphatic rings. The van der Waals surface area contributed by atoms with Crippen molar-refractivity contribution < 1.29 is 22.7 Å². The largest absolute Gasteiger partial charge is 0.481 e. The van der Waals surface area contributed by atoms with Crippen LogP contribution in [0, 0.1) is 11.6 Å². The molecule has 1 aromatic carbocycles. The molecule has 148 valence electrons. The minimum absolute atomic E-state index is 0.0555. The summed E-state index contributed by atoms with van der Waals surface area (Å²) in [5.41, 5.74) is 0.843. The standard InChI is InChI=1S/C19H15F2N5O3/c20-13-3-1-4-15(17(13)21)28-11-16-25-14(10-29-16)18(27)22-7-5-12-9-26-8-2-6-23-19(26)24-12/h1-4,6,8-10H,5,7,11H2,(H,22,27). The fraction of sp³-hybridized carbons (Fsp3) is 0.158. The lowest BCUT2D eigenvalue weighted by Gasteiger charge is -2.04. The molecule has 3 aromatic heterocycles. The average Bonchev–Trinajstić information content (AvgIpc) is 3.35. The molecule has 0 saturated carbocycles. The molecule has 0 saturated heterocycles. The highest BCUT2D eigenvalue weighted by molar-refractivity contribution is 5.91. The van der Waals surface area contributed by atoms with Gasteiger partial charge in [0.05, 0.1) is 5.69 Å². The molecule has 0 aliphatic heterocycles. The highest BCUT2D eigenvalue weighted by atomic mass is 19.2. The molecule has 0 unspecified atom stereocenters. The van der Waals surface area contributed by atoms with E-state index in [-0.39, 0.29) is 23.9 Å². The lowest BCUT2D eigenvalue weighted by molar-refractivity contribution is 0.0949. The number of halogens is 2. The topological polar surface area (TPSA) is 94.6 Å². The van der Waals surface area contributed by atoms with Gasteiger partial charge in [0, 0.05) is 31.6 Å². The molecular weight excluding hydrogens is 384 g/mol. The second-order valence-corrected chi connectivity index (χ2v) is 6.03. The maximum atomic E-state index is 13.6. The molecule has 1 amide bonds. The molecule has 0 atom stereocenters. The third kappa shape index (κ3) is 4.21. The molecule has 4 aromatic rings. The lowest BCUT2D eigenvalue weighted by Crippen LogP contribution is -2.26. The molecular formula is C19H15F2N5O3. The van der Waals surface area contributed by atoms with E-state index in [9.17, 15) is 13.6 Å². The van der Waals surface area contributed by atoms with Crippen LogP contribution in [0.4, 0.5) is 8.78 Å². The van der Waals surface area contributed by atoms with E-state index in [0.717, 1.165) is 11.8 Å². The zero-order valence-electron chi connectivity index (χ0n) is 15.0. The summed E-state index contributed by atoms with van der Waals surface area (Å²) in [5.74, 6) is -2.17. The van der Waals surface area contributed by atoms with E-state index < -0.39 is 17.5 Å². The first-order chi connectivity index (χ1) is 14.1. The molecule has 0 bridgehead atoms. The number of amides is 1. The molecule has 4 rings (SSSR count). The summed E-state index contributed by atoms with van der Waals surface area (Å²) < 4.78 is 38.8. The van der Waals surface area contributed by atoms with Gasteiger partial charge in [-0.2, -0.15) is 4.39 Å². The third-order valence-electron chi connectivity index (χ3n) is 4.00. The van der Waals surface area contributed by atoms with E-state index in [1.54, 1.807) is 16.7 Å². The summed E-state index contributed by atoms with van der Waals surface area (Å²) in [6.45, 7) is 0.0951. The number of nitrogens with zero attached hydrogens (tertiary/aromatic N) is 4. The summed E-state index contributed by atoms with van der Waals surface area (Å²) in [4.78, 5) is 24.6. The first kappa shape index (κ1) is 18.5. The number of imidazole rings is 1. The van der Waals surface area contributed by atoms with Crippen molar-refractivity contribution in [3.8, 4) is 5.75 Å². The number of carbonyl (C=O) groups is 1. The number of hydrogen-bond donors (Lipinski definition) is 1. The van der Waals surface area contributed by atoms with Gasteiger partial charge in [0.1, 0.15) is 6.26 Å². The maximum absolute atomic E-state index is 13.6. The van der Waals surface area contributed by atoms with Crippen LogP contribution in [0.15, 0.2) is 53.5 Å². The van der Waals surface area contributed by atoms with Crippen LogP contribution in [-0.2, 0) is 13.0 Å². The Morgan fingerprint density at radius 3 is 3.00 bits per heavy atom. The average molecular weight is 399 g/mol. The Morgan fingerprint density at radius 1 is 1.24 bits per heavy atom. The molecule has 0 spiro atoms. The smallest absolute Gasteiger partial charge is 0.273 e. The quantitative estimate of drug-likeness (QED) is 0.513. The van der Waals surface area contributed by atoms with Crippen molar-refractivity contribution in [1.29, 1.82) is 0 Å². The van der Waals surface area contributed by atoms with E-state index in [2.05, 4.69) is 20.3 Å². The Kier molecular flexibility index (Phi) is 5.14. The van der Waals surface area contributed by atoms with E-state index in [1.165, 1.54) is 18.4 Å². The molecule has 10 heteroatoms. The number of fused-ring (bicyclic) bond motifs is 1. The van der Waals surface area contributed by atoms with Crippen LogP contribution in [0.2, 0.25) is 0 Å². The van der Waals surface area contributed by atoms with Crippen LogP contribution in [0.3, 0.4) is 0 Å². The van der Waals surface area contributed by atoms with Gasteiger partial charge in [0.2, 0.25) is 17.5 Å². The normalized spacial score (nSPS) is 11.0. The summed E-state index contributed by atoms with van der Waals surface area (Å²) in [5, 5.41) is 2.71. The summed E-state index contributed by atoms with van der Waals surface area (Å²) >= 11 is 0. The van der Waals surface area contributed by atoms with Crippen LogP contribution < -0.4 is 10.1 Å². The van der Waals surface area contributed by atoms with Crippen LogP contribution in [-0.4, -0.2) is 31.8 Å². The fourth-order valence-corrected chi connectivity index (χ4v) is 2.61. The predicted octanol–water partition coefficient (Wildman–Crippen LogP) is 2.55. The van der Waals surface area contributed by atoms with Crippen molar-refractivity contribution in [2.45, 2.75) is 13.0 Å². The number of oxazole rings is 1. The van der Waals surface area contributed by atoms with Gasteiger partial charge in [-0.1, -0.05) is 6.07 Å². The number of nitrogens with one attached hydrogen (secondary N) is 1. The van der Waals surface area contributed by atoms with Crippen molar-refractivity contribution in [2.24, 2.45) is 0 Å². The van der Waals surface area contributed by atoms with Gasteiger partial charge in [0.15, 0.2) is 23.9 Å². The van der Waals surface area contributed by atoms with Gasteiger partial charge in [-0.3, -0.25) is 9.20 Å². The molecule has 3 heterocycles. The van der Waals surface area contributed by atoms with Crippen LogP contribution >= 0.6 is 0 Å². The number of aromatic nitrogens is 4. The van der Waals surface area contributed by atoms with E-state index in [0.29, 0.717) is 18.7 Å². The maximum Gasteiger partial charge on any atom is 0.273 e. The van der Waals surface area contributed by atoms with Crippen molar-refractivity contribution in [3.63, 3.8) is 0 Å². The van der Waals surface area contributed by atoms with Crippen molar-refractivity contribution in [3.05, 3.63) is 78.0 Å². The zero-order valence-corrected chi connectivity index (χ0v) is 15.0. The molecule has 29 heavy (non-hydrogen) atoms. The number of ether oxygens (including phenoxy) is 1. The molecule has 0 radical (unpaired) electrons. The van der Waals surface area contributed by atoms with E-state index in [4.69, 9.17) is 9.15 Å². The number of carbonyl (C=O) groups excluding carboxylic acids is 1. The van der Waals surface area contributed by atoms with Crippen molar-refractivity contribution in [1.82, 2.24) is 24.7 Å². The zero-order chi connectivity index (χ0) is 20.2. The second kappa shape index (κ2) is 8.05. The predicted molar refractivity (Wildman–Crippen MR) is 96.2 cm³/mol.